The van der Waals surface area contributed by atoms with Crippen molar-refractivity contribution in [1.29, 1.82) is 0 Å². The minimum atomic E-state index is -0.438. The number of rotatable bonds is 10. The minimum Gasteiger partial charge on any atom is -0.391 e. The van der Waals surface area contributed by atoms with Crippen molar-refractivity contribution in [1.82, 2.24) is 5.32 Å². The zero-order valence-electron chi connectivity index (χ0n) is 12.5. The van der Waals surface area contributed by atoms with Gasteiger partial charge in [0, 0.05) is 12.5 Å². The Kier molecular flexibility index (Phi) is 10.0. The van der Waals surface area contributed by atoms with Crippen LogP contribution < -0.4 is 5.32 Å². The number of hydrogen-bond donors (Lipinski definition) is 2. The first-order valence-corrected chi connectivity index (χ1v) is 7.48. The second-order valence-corrected chi connectivity index (χ2v) is 5.51. The Bertz CT molecular complexity index is 217. The fourth-order valence-electron chi connectivity index (χ4n) is 1.92. The summed E-state index contributed by atoms with van der Waals surface area (Å²) in [5, 5.41) is 12.5. The molecule has 0 aliphatic heterocycles. The maximum Gasteiger partial charge on any atom is 0.223 e. The summed E-state index contributed by atoms with van der Waals surface area (Å²) in [4.78, 5) is 11.9. The third kappa shape index (κ3) is 7.70. The van der Waals surface area contributed by atoms with Crippen LogP contribution in [-0.2, 0) is 4.79 Å². The van der Waals surface area contributed by atoms with Gasteiger partial charge < -0.3 is 10.4 Å². The summed E-state index contributed by atoms with van der Waals surface area (Å²) in [6.45, 7) is 8.54. The number of aliphatic hydroxyl groups excluding tert-OH is 1. The number of unbranched alkanes of at least 4 members (excludes halogenated alkanes) is 3. The molecule has 2 N–H and O–H groups in total. The number of nitrogens with one attached hydrogen (secondary N) is 1. The average Bonchev–Trinajstić information content (AvgIpc) is 2.35. The van der Waals surface area contributed by atoms with E-state index in [1.54, 1.807) is 0 Å². The van der Waals surface area contributed by atoms with E-state index in [4.69, 9.17) is 0 Å². The molecule has 0 heterocycles. The molecule has 1 amide bonds. The molecule has 18 heavy (non-hydrogen) atoms. The van der Waals surface area contributed by atoms with Crippen LogP contribution >= 0.6 is 0 Å². The number of carbonyl (C=O) groups is 1. The molecule has 0 rings (SSSR count). The molecule has 2 atom stereocenters. The van der Waals surface area contributed by atoms with E-state index in [0.29, 0.717) is 6.54 Å². The molecular weight excluding hydrogens is 226 g/mol. The van der Waals surface area contributed by atoms with Gasteiger partial charge in [-0.15, -0.1) is 0 Å². The van der Waals surface area contributed by atoms with E-state index in [1.165, 1.54) is 19.3 Å². The molecule has 3 heteroatoms. The number of amides is 1. The van der Waals surface area contributed by atoms with Gasteiger partial charge in [0.15, 0.2) is 0 Å². The fraction of sp³-hybridized carbons (Fsp3) is 0.933. The van der Waals surface area contributed by atoms with E-state index in [9.17, 15) is 9.90 Å². The van der Waals surface area contributed by atoms with E-state index in [1.807, 2.05) is 13.8 Å². The van der Waals surface area contributed by atoms with Gasteiger partial charge in [0.1, 0.15) is 0 Å². The van der Waals surface area contributed by atoms with Crippen molar-refractivity contribution >= 4 is 5.91 Å². The first-order chi connectivity index (χ1) is 8.52. The van der Waals surface area contributed by atoms with Gasteiger partial charge in [-0.25, -0.2) is 0 Å². The van der Waals surface area contributed by atoms with Crippen LogP contribution in [0, 0.1) is 11.8 Å². The Morgan fingerprint density at radius 1 is 1.17 bits per heavy atom. The van der Waals surface area contributed by atoms with Crippen molar-refractivity contribution in [3.05, 3.63) is 0 Å². The van der Waals surface area contributed by atoms with Gasteiger partial charge in [-0.3, -0.25) is 4.79 Å². The average molecular weight is 257 g/mol. The van der Waals surface area contributed by atoms with Crippen molar-refractivity contribution in [2.75, 3.05) is 6.54 Å². The Morgan fingerprint density at radius 3 is 2.33 bits per heavy atom. The lowest BCUT2D eigenvalue weighted by atomic mass is 9.97. The maximum atomic E-state index is 11.9. The molecule has 0 aliphatic carbocycles. The second-order valence-electron chi connectivity index (χ2n) is 5.51. The topological polar surface area (TPSA) is 49.3 Å². The normalized spacial score (nSPS) is 14.6. The van der Waals surface area contributed by atoms with Crippen molar-refractivity contribution in [3.63, 3.8) is 0 Å². The Hall–Kier alpha value is -0.570. The van der Waals surface area contributed by atoms with E-state index >= 15 is 0 Å². The van der Waals surface area contributed by atoms with Gasteiger partial charge in [0.25, 0.3) is 0 Å². The van der Waals surface area contributed by atoms with Crippen LogP contribution in [0.5, 0.6) is 0 Å². The van der Waals surface area contributed by atoms with Crippen LogP contribution in [0.1, 0.15) is 66.2 Å². The molecule has 0 aromatic carbocycles. The standard InChI is InChI=1S/C15H31NO2/c1-5-7-8-9-10-13(6-2)15(18)16-11-14(17)12(3)4/h12-14,17H,5-11H2,1-4H3,(H,16,18)/t13-,14-/m0/s1. The number of hydrogen-bond acceptors (Lipinski definition) is 2. The quantitative estimate of drug-likeness (QED) is 0.591. The van der Waals surface area contributed by atoms with Crippen LogP contribution in [0.3, 0.4) is 0 Å². The number of aliphatic hydroxyl groups is 1. The van der Waals surface area contributed by atoms with Crippen molar-refractivity contribution in [2.45, 2.75) is 72.3 Å². The lowest BCUT2D eigenvalue weighted by molar-refractivity contribution is -0.125. The summed E-state index contributed by atoms with van der Waals surface area (Å²) in [6.07, 6.45) is 6.25. The highest BCUT2D eigenvalue weighted by Gasteiger charge is 2.17. The van der Waals surface area contributed by atoms with Gasteiger partial charge in [-0.2, -0.15) is 0 Å². The molecule has 0 saturated carbocycles. The summed E-state index contributed by atoms with van der Waals surface area (Å²) in [7, 11) is 0. The Labute approximate surface area is 112 Å². The molecule has 0 saturated heterocycles. The zero-order valence-corrected chi connectivity index (χ0v) is 12.5. The van der Waals surface area contributed by atoms with Crippen molar-refractivity contribution in [2.24, 2.45) is 11.8 Å². The smallest absolute Gasteiger partial charge is 0.223 e. The third-order valence-corrected chi connectivity index (χ3v) is 3.52. The first kappa shape index (κ1) is 17.4. The number of carbonyl (C=O) groups excluding carboxylic acids is 1. The van der Waals surface area contributed by atoms with Gasteiger partial charge in [-0.1, -0.05) is 53.4 Å². The van der Waals surface area contributed by atoms with Crippen LogP contribution in [-0.4, -0.2) is 23.7 Å². The van der Waals surface area contributed by atoms with Crippen LogP contribution in [0.15, 0.2) is 0 Å². The summed E-state index contributed by atoms with van der Waals surface area (Å²) in [6, 6.07) is 0. The van der Waals surface area contributed by atoms with Crippen molar-refractivity contribution in [3.8, 4) is 0 Å². The largest absolute Gasteiger partial charge is 0.391 e. The lowest BCUT2D eigenvalue weighted by Crippen LogP contribution is -2.38. The molecule has 0 spiro atoms. The monoisotopic (exact) mass is 257 g/mol. The summed E-state index contributed by atoms with van der Waals surface area (Å²) >= 11 is 0. The highest BCUT2D eigenvalue weighted by molar-refractivity contribution is 5.78. The van der Waals surface area contributed by atoms with Crippen LogP contribution in [0.4, 0.5) is 0 Å². The molecule has 0 unspecified atom stereocenters. The first-order valence-electron chi connectivity index (χ1n) is 7.48. The Balaban J connectivity index is 3.88. The third-order valence-electron chi connectivity index (χ3n) is 3.52. The molecule has 108 valence electrons. The zero-order chi connectivity index (χ0) is 14.0. The lowest BCUT2D eigenvalue weighted by Gasteiger charge is -2.18. The summed E-state index contributed by atoms with van der Waals surface area (Å²) in [5.41, 5.74) is 0. The predicted molar refractivity (Wildman–Crippen MR) is 76.4 cm³/mol. The van der Waals surface area contributed by atoms with Crippen LogP contribution in [0.2, 0.25) is 0 Å². The highest BCUT2D eigenvalue weighted by Crippen LogP contribution is 2.14. The van der Waals surface area contributed by atoms with Gasteiger partial charge in [0.2, 0.25) is 5.91 Å². The van der Waals surface area contributed by atoms with Crippen molar-refractivity contribution < 1.29 is 9.90 Å². The van der Waals surface area contributed by atoms with Gasteiger partial charge in [-0.05, 0) is 18.8 Å². The molecule has 0 aromatic rings. The Morgan fingerprint density at radius 2 is 1.83 bits per heavy atom. The maximum absolute atomic E-state index is 11.9. The minimum absolute atomic E-state index is 0.105. The second kappa shape index (κ2) is 10.4. The molecular formula is C15H31NO2. The molecule has 0 fully saturated rings. The molecule has 0 bridgehead atoms. The summed E-state index contributed by atoms with van der Waals surface area (Å²) in [5.74, 6) is 0.407. The van der Waals surface area contributed by atoms with Gasteiger partial charge >= 0.3 is 0 Å². The van der Waals surface area contributed by atoms with Crippen LogP contribution in [0.25, 0.3) is 0 Å². The van der Waals surface area contributed by atoms with E-state index < -0.39 is 6.10 Å². The van der Waals surface area contributed by atoms with E-state index in [-0.39, 0.29) is 17.7 Å². The van der Waals surface area contributed by atoms with E-state index in [2.05, 4.69) is 19.2 Å². The van der Waals surface area contributed by atoms with E-state index in [0.717, 1.165) is 19.3 Å². The SMILES string of the molecule is CCCCCC[C@H](CC)C(=O)NC[C@H](O)C(C)C. The summed E-state index contributed by atoms with van der Waals surface area (Å²) < 4.78 is 0. The molecule has 0 aliphatic rings. The molecule has 0 aromatic heterocycles. The predicted octanol–water partition coefficient (Wildman–Crippen LogP) is 3.12. The fourth-order valence-corrected chi connectivity index (χ4v) is 1.92. The molecule has 0 radical (unpaired) electrons. The highest BCUT2D eigenvalue weighted by atomic mass is 16.3. The van der Waals surface area contributed by atoms with Gasteiger partial charge in [0.05, 0.1) is 6.10 Å². The molecule has 3 nitrogen and oxygen atoms in total.